The lowest BCUT2D eigenvalue weighted by Gasteiger charge is -2.22. The third-order valence-corrected chi connectivity index (χ3v) is 4.32. The number of aliphatic hydroxyl groups excluding tert-OH is 1. The summed E-state index contributed by atoms with van der Waals surface area (Å²) < 4.78 is 30.4. The normalized spacial score (nSPS) is 12.8. The Bertz CT molecular complexity index is 705. The highest BCUT2D eigenvalue weighted by molar-refractivity contribution is 5.79. The first-order valence-corrected chi connectivity index (χ1v) is 8.10. The maximum atomic E-state index is 12.6. The summed E-state index contributed by atoms with van der Waals surface area (Å²) in [4.78, 5) is 12.9. The minimum atomic E-state index is -2.67. The molecule has 0 radical (unpaired) electrons. The molecule has 1 aliphatic carbocycles. The molecule has 6 heteroatoms. The van der Waals surface area contributed by atoms with Gasteiger partial charge in [0.15, 0.2) is 0 Å². The van der Waals surface area contributed by atoms with Crippen LogP contribution in [-0.4, -0.2) is 48.8 Å². The zero-order chi connectivity index (χ0) is 17.8. The van der Waals surface area contributed by atoms with Crippen LogP contribution in [0.3, 0.4) is 0 Å². The van der Waals surface area contributed by atoms with E-state index < -0.39 is 25.7 Å². The molecule has 3 rings (SSSR count). The largest absolute Gasteiger partial charge is 0.448 e. The van der Waals surface area contributed by atoms with Gasteiger partial charge in [-0.1, -0.05) is 48.5 Å². The summed E-state index contributed by atoms with van der Waals surface area (Å²) in [5, 5.41) is 8.94. The fourth-order valence-electron chi connectivity index (χ4n) is 3.23. The van der Waals surface area contributed by atoms with Gasteiger partial charge in [0.2, 0.25) is 0 Å². The second-order valence-electron chi connectivity index (χ2n) is 5.86. The van der Waals surface area contributed by atoms with Crippen LogP contribution in [0, 0.1) is 0 Å². The summed E-state index contributed by atoms with van der Waals surface area (Å²) >= 11 is 0. The maximum Gasteiger partial charge on any atom is 0.410 e. The molecule has 1 N–H and O–H groups in total. The molecule has 2 aromatic rings. The Kier molecular flexibility index (Phi) is 5.28. The van der Waals surface area contributed by atoms with Crippen molar-refractivity contribution in [3.8, 4) is 11.1 Å². The van der Waals surface area contributed by atoms with E-state index in [0.29, 0.717) is 0 Å². The number of alkyl halides is 2. The Labute approximate surface area is 144 Å². The van der Waals surface area contributed by atoms with Gasteiger partial charge < -0.3 is 14.7 Å². The molecule has 132 valence electrons. The molecule has 0 fully saturated rings. The lowest BCUT2D eigenvalue weighted by atomic mass is 9.98. The first-order valence-electron chi connectivity index (χ1n) is 8.10. The van der Waals surface area contributed by atoms with E-state index in [1.165, 1.54) is 0 Å². The Balaban J connectivity index is 1.76. The average molecular weight is 347 g/mol. The van der Waals surface area contributed by atoms with Crippen LogP contribution in [0.1, 0.15) is 17.0 Å². The standard InChI is InChI=1S/C19H19F2NO3/c20-18(21)11-22(9-10-23)19(24)25-12-17-15-7-3-1-5-13(15)14-6-2-4-8-16(14)17/h1-8,17-18,23H,9-12H2. The molecule has 0 saturated carbocycles. The summed E-state index contributed by atoms with van der Waals surface area (Å²) in [5.74, 6) is -0.126. The van der Waals surface area contributed by atoms with Gasteiger partial charge in [-0.2, -0.15) is 0 Å². The van der Waals surface area contributed by atoms with E-state index in [4.69, 9.17) is 9.84 Å². The number of halogens is 2. The molecule has 1 amide bonds. The fraction of sp³-hybridized carbons (Fsp3) is 0.316. The number of ether oxygens (including phenoxy) is 1. The lowest BCUT2D eigenvalue weighted by molar-refractivity contribution is 0.0531. The van der Waals surface area contributed by atoms with Crippen LogP contribution >= 0.6 is 0 Å². The number of nitrogens with zero attached hydrogens (tertiary/aromatic N) is 1. The predicted octanol–water partition coefficient (Wildman–Crippen LogP) is 3.49. The van der Waals surface area contributed by atoms with E-state index in [-0.39, 0.29) is 19.1 Å². The summed E-state index contributed by atoms with van der Waals surface area (Å²) in [7, 11) is 0. The van der Waals surface area contributed by atoms with E-state index >= 15 is 0 Å². The number of fused-ring (bicyclic) bond motifs is 3. The van der Waals surface area contributed by atoms with E-state index in [2.05, 4.69) is 0 Å². The number of benzene rings is 2. The summed E-state index contributed by atoms with van der Waals surface area (Å²) in [6, 6.07) is 15.8. The topological polar surface area (TPSA) is 49.8 Å². The van der Waals surface area contributed by atoms with Crippen LogP contribution in [0.5, 0.6) is 0 Å². The molecule has 4 nitrogen and oxygen atoms in total. The van der Waals surface area contributed by atoms with Crippen molar-refractivity contribution in [3.63, 3.8) is 0 Å². The van der Waals surface area contributed by atoms with Crippen LogP contribution in [0.2, 0.25) is 0 Å². The number of carbonyl (C=O) groups is 1. The summed E-state index contributed by atoms with van der Waals surface area (Å²) in [6.45, 7) is -1.26. The van der Waals surface area contributed by atoms with Crippen LogP contribution in [0.25, 0.3) is 11.1 Å². The number of carbonyl (C=O) groups excluding carboxylic acids is 1. The highest BCUT2D eigenvalue weighted by Gasteiger charge is 2.30. The predicted molar refractivity (Wildman–Crippen MR) is 89.7 cm³/mol. The minimum absolute atomic E-state index is 0.0675. The number of rotatable bonds is 6. The minimum Gasteiger partial charge on any atom is -0.448 e. The molecule has 0 bridgehead atoms. The van der Waals surface area contributed by atoms with Crippen molar-refractivity contribution in [1.82, 2.24) is 4.90 Å². The van der Waals surface area contributed by atoms with E-state index in [1.54, 1.807) is 0 Å². The molecule has 25 heavy (non-hydrogen) atoms. The molecule has 0 heterocycles. The highest BCUT2D eigenvalue weighted by Crippen LogP contribution is 2.44. The van der Waals surface area contributed by atoms with Crippen molar-refractivity contribution in [2.24, 2.45) is 0 Å². The van der Waals surface area contributed by atoms with Gasteiger partial charge in [0, 0.05) is 12.5 Å². The zero-order valence-electron chi connectivity index (χ0n) is 13.6. The quantitative estimate of drug-likeness (QED) is 0.870. The Morgan fingerprint density at radius 2 is 1.64 bits per heavy atom. The van der Waals surface area contributed by atoms with Crippen LogP contribution in [0.4, 0.5) is 13.6 Å². The number of hydrogen-bond acceptors (Lipinski definition) is 3. The number of amides is 1. The smallest absolute Gasteiger partial charge is 0.410 e. The molecule has 1 aliphatic rings. The van der Waals surface area contributed by atoms with Gasteiger partial charge >= 0.3 is 6.09 Å². The van der Waals surface area contributed by atoms with Crippen molar-refractivity contribution in [3.05, 3.63) is 59.7 Å². The van der Waals surface area contributed by atoms with Crippen LogP contribution in [-0.2, 0) is 4.74 Å². The average Bonchev–Trinajstić information content (AvgIpc) is 2.93. The molecule has 2 aromatic carbocycles. The Hall–Kier alpha value is -2.47. The first-order chi connectivity index (χ1) is 12.1. The van der Waals surface area contributed by atoms with Crippen molar-refractivity contribution in [2.45, 2.75) is 12.3 Å². The molecule has 0 atom stereocenters. The van der Waals surface area contributed by atoms with Gasteiger partial charge in [-0.25, -0.2) is 13.6 Å². The lowest BCUT2D eigenvalue weighted by Crippen LogP contribution is -2.38. The van der Waals surface area contributed by atoms with E-state index in [1.807, 2.05) is 48.5 Å². The molecule has 0 unspecified atom stereocenters. The Morgan fingerprint density at radius 1 is 1.08 bits per heavy atom. The van der Waals surface area contributed by atoms with Crippen molar-refractivity contribution < 1.29 is 23.4 Å². The molecular formula is C19H19F2NO3. The zero-order valence-corrected chi connectivity index (χ0v) is 13.6. The molecular weight excluding hydrogens is 328 g/mol. The van der Waals surface area contributed by atoms with Gasteiger partial charge in [0.25, 0.3) is 6.43 Å². The number of aliphatic hydroxyl groups is 1. The second kappa shape index (κ2) is 7.61. The summed E-state index contributed by atoms with van der Waals surface area (Å²) in [6.07, 6.45) is -3.51. The summed E-state index contributed by atoms with van der Waals surface area (Å²) in [5.41, 5.74) is 4.30. The van der Waals surface area contributed by atoms with Gasteiger partial charge in [-0.05, 0) is 22.3 Å². The molecule has 0 spiro atoms. The third-order valence-electron chi connectivity index (χ3n) is 4.32. The van der Waals surface area contributed by atoms with E-state index in [0.717, 1.165) is 27.2 Å². The molecule has 0 aromatic heterocycles. The maximum absolute atomic E-state index is 12.6. The van der Waals surface area contributed by atoms with Crippen molar-refractivity contribution in [1.29, 1.82) is 0 Å². The van der Waals surface area contributed by atoms with Gasteiger partial charge in [-0.3, -0.25) is 0 Å². The molecule has 0 saturated heterocycles. The van der Waals surface area contributed by atoms with Crippen LogP contribution < -0.4 is 0 Å². The highest BCUT2D eigenvalue weighted by atomic mass is 19.3. The van der Waals surface area contributed by atoms with Gasteiger partial charge in [0.05, 0.1) is 13.2 Å². The third kappa shape index (κ3) is 3.64. The number of hydrogen-bond donors (Lipinski definition) is 1. The second-order valence-corrected chi connectivity index (χ2v) is 5.86. The molecule has 0 aliphatic heterocycles. The SMILES string of the molecule is O=C(OCC1c2ccccc2-c2ccccc21)N(CCO)CC(F)F. The Morgan fingerprint density at radius 3 is 2.16 bits per heavy atom. The monoisotopic (exact) mass is 347 g/mol. The first kappa shape index (κ1) is 17.4. The van der Waals surface area contributed by atoms with Gasteiger partial charge in [-0.15, -0.1) is 0 Å². The van der Waals surface area contributed by atoms with E-state index in [9.17, 15) is 13.6 Å². The van der Waals surface area contributed by atoms with Crippen LogP contribution in [0.15, 0.2) is 48.5 Å². The fourth-order valence-corrected chi connectivity index (χ4v) is 3.23. The van der Waals surface area contributed by atoms with Crippen molar-refractivity contribution >= 4 is 6.09 Å². The van der Waals surface area contributed by atoms with Crippen molar-refractivity contribution in [2.75, 3.05) is 26.3 Å². The van der Waals surface area contributed by atoms with Gasteiger partial charge in [0.1, 0.15) is 6.61 Å².